The average Bonchev–Trinajstić information content (AvgIpc) is 2.78. The molecule has 1 saturated heterocycles. The minimum Gasteiger partial charge on any atom is -0.493 e. The van der Waals surface area contributed by atoms with Crippen molar-refractivity contribution in [1.82, 2.24) is 4.57 Å². The van der Waals surface area contributed by atoms with E-state index in [9.17, 15) is 18.0 Å². The summed E-state index contributed by atoms with van der Waals surface area (Å²) in [7, 11) is 1.36. The van der Waals surface area contributed by atoms with Crippen LogP contribution in [0, 0.1) is 6.92 Å². The maximum atomic E-state index is 12.8. The summed E-state index contributed by atoms with van der Waals surface area (Å²) < 4.78 is 66.6. The van der Waals surface area contributed by atoms with Crippen LogP contribution in [0.3, 0.4) is 0 Å². The maximum absolute atomic E-state index is 12.8. The fourth-order valence-electron chi connectivity index (χ4n) is 3.96. The van der Waals surface area contributed by atoms with Crippen molar-refractivity contribution in [2.45, 2.75) is 32.2 Å². The molecule has 1 fully saturated rings. The van der Waals surface area contributed by atoms with Gasteiger partial charge in [0.05, 0.1) is 32.6 Å². The van der Waals surface area contributed by atoms with E-state index < -0.39 is 12.8 Å². The molecule has 7 nitrogen and oxygen atoms in total. The van der Waals surface area contributed by atoms with Crippen LogP contribution in [0.25, 0.3) is 11.3 Å². The van der Waals surface area contributed by atoms with Crippen LogP contribution in [0.15, 0.2) is 23.0 Å². The lowest BCUT2D eigenvalue weighted by atomic mass is 9.93. The highest BCUT2D eigenvalue weighted by atomic mass is 19.4. The van der Waals surface area contributed by atoms with Crippen molar-refractivity contribution in [1.29, 1.82) is 0 Å². The molecule has 4 rings (SSSR count). The van der Waals surface area contributed by atoms with Crippen molar-refractivity contribution in [2.24, 2.45) is 0 Å². The van der Waals surface area contributed by atoms with E-state index in [2.05, 4.69) is 0 Å². The number of hydrogen-bond donors (Lipinski definition) is 0. The average molecular weight is 455 g/mol. The summed E-state index contributed by atoms with van der Waals surface area (Å²) >= 11 is 0. The van der Waals surface area contributed by atoms with Gasteiger partial charge in [0.15, 0.2) is 18.1 Å². The number of methoxy groups -OCH3 is 1. The molecule has 0 bridgehead atoms. The summed E-state index contributed by atoms with van der Waals surface area (Å²) in [5, 5.41) is 0. The Balaban J connectivity index is 1.68. The van der Waals surface area contributed by atoms with Crippen LogP contribution in [0.1, 0.15) is 11.1 Å². The first-order valence-corrected chi connectivity index (χ1v) is 10.2. The van der Waals surface area contributed by atoms with Gasteiger partial charge in [-0.1, -0.05) is 0 Å². The van der Waals surface area contributed by atoms with E-state index in [1.807, 2.05) is 6.92 Å². The molecule has 0 N–H and O–H groups in total. The van der Waals surface area contributed by atoms with E-state index in [0.717, 1.165) is 11.1 Å². The summed E-state index contributed by atoms with van der Waals surface area (Å²) in [6.45, 7) is 2.52. The molecule has 2 aliphatic heterocycles. The maximum Gasteiger partial charge on any atom is 0.422 e. The van der Waals surface area contributed by atoms with Gasteiger partial charge in [-0.15, -0.1) is 0 Å². The Bertz CT molecular complexity index is 1040. The molecule has 0 radical (unpaired) electrons. The Morgan fingerprint density at radius 1 is 1.12 bits per heavy atom. The predicted octanol–water partition coefficient (Wildman–Crippen LogP) is 3.12. The molecular formula is C22H24F3NO6. The fourth-order valence-corrected chi connectivity index (χ4v) is 3.96. The number of aromatic nitrogens is 1. The van der Waals surface area contributed by atoms with Crippen molar-refractivity contribution >= 4 is 0 Å². The molecule has 1 aromatic heterocycles. The van der Waals surface area contributed by atoms with E-state index in [4.69, 9.17) is 23.7 Å². The molecular weight excluding hydrogens is 431 g/mol. The summed E-state index contributed by atoms with van der Waals surface area (Å²) in [4.78, 5) is 12.8. The molecule has 32 heavy (non-hydrogen) atoms. The second-order valence-corrected chi connectivity index (χ2v) is 7.66. The topological polar surface area (TPSA) is 68.2 Å². The van der Waals surface area contributed by atoms with Crippen molar-refractivity contribution < 1.29 is 36.9 Å². The van der Waals surface area contributed by atoms with E-state index >= 15 is 0 Å². The minimum absolute atomic E-state index is 0.0128. The SMILES string of the molecule is COc1cc2c(cc1OCC(F)(F)F)CCn1c-2c(C)c(OCC2COCCO2)cc1=O. The Kier molecular flexibility index (Phi) is 6.34. The molecule has 10 heteroatoms. The van der Waals surface area contributed by atoms with Crippen LogP contribution < -0.4 is 19.8 Å². The molecule has 0 amide bonds. The number of nitrogens with zero attached hydrogens (tertiary/aromatic N) is 1. The van der Waals surface area contributed by atoms with Crippen LogP contribution >= 0.6 is 0 Å². The second-order valence-electron chi connectivity index (χ2n) is 7.66. The van der Waals surface area contributed by atoms with E-state index in [1.54, 1.807) is 16.7 Å². The number of fused-ring (bicyclic) bond motifs is 3. The van der Waals surface area contributed by atoms with E-state index in [1.165, 1.54) is 13.2 Å². The van der Waals surface area contributed by atoms with Gasteiger partial charge < -0.3 is 28.3 Å². The lowest BCUT2D eigenvalue weighted by Gasteiger charge is -2.27. The van der Waals surface area contributed by atoms with Crippen molar-refractivity contribution in [3.63, 3.8) is 0 Å². The van der Waals surface area contributed by atoms with Gasteiger partial charge in [-0.05, 0) is 31.0 Å². The molecule has 174 valence electrons. The van der Waals surface area contributed by atoms with Crippen LogP contribution in [0.4, 0.5) is 13.2 Å². The number of hydrogen-bond acceptors (Lipinski definition) is 6. The van der Waals surface area contributed by atoms with Gasteiger partial charge in [0.1, 0.15) is 18.5 Å². The third-order valence-electron chi connectivity index (χ3n) is 5.47. The van der Waals surface area contributed by atoms with Gasteiger partial charge in [0, 0.05) is 23.7 Å². The third kappa shape index (κ3) is 4.71. The first-order chi connectivity index (χ1) is 15.3. The summed E-state index contributed by atoms with van der Waals surface area (Å²) in [5.74, 6) is 0.603. The molecule has 3 heterocycles. The number of ether oxygens (including phenoxy) is 5. The van der Waals surface area contributed by atoms with Gasteiger partial charge in [0.2, 0.25) is 0 Å². The lowest BCUT2D eigenvalue weighted by Crippen LogP contribution is -2.34. The highest BCUT2D eigenvalue weighted by molar-refractivity contribution is 5.74. The molecule has 1 atom stereocenters. The minimum atomic E-state index is -4.46. The highest BCUT2D eigenvalue weighted by Gasteiger charge is 2.30. The van der Waals surface area contributed by atoms with Crippen LogP contribution in [0.2, 0.25) is 0 Å². The monoisotopic (exact) mass is 455 g/mol. The molecule has 2 aliphatic rings. The quantitative estimate of drug-likeness (QED) is 0.667. The zero-order chi connectivity index (χ0) is 22.9. The van der Waals surface area contributed by atoms with Crippen LogP contribution in [0.5, 0.6) is 17.2 Å². The number of aryl methyl sites for hydroxylation is 1. The standard InChI is InChI=1S/C22H24F3NO6/c1-13-17(31-11-15-10-29-5-6-30-15)9-20(27)26-4-3-14-7-19(32-12-22(23,24)25)18(28-2)8-16(14)21(13)26/h7-9,15H,3-6,10-12H2,1-2H3. The molecule has 1 aromatic carbocycles. The summed E-state index contributed by atoms with van der Waals surface area (Å²) in [5.41, 5.74) is 2.64. The van der Waals surface area contributed by atoms with Gasteiger partial charge in [-0.2, -0.15) is 13.2 Å². The van der Waals surface area contributed by atoms with Gasteiger partial charge in [-0.3, -0.25) is 4.79 Å². The van der Waals surface area contributed by atoms with Gasteiger partial charge in [0.25, 0.3) is 5.56 Å². The summed E-state index contributed by atoms with van der Waals surface area (Å²) in [6, 6.07) is 4.61. The summed E-state index contributed by atoms with van der Waals surface area (Å²) in [6.07, 6.45) is -4.21. The molecule has 0 spiro atoms. The fraction of sp³-hybridized carbons (Fsp3) is 0.500. The lowest BCUT2D eigenvalue weighted by molar-refractivity contribution is -0.153. The Labute approximate surface area is 182 Å². The molecule has 1 unspecified atom stereocenters. The van der Waals surface area contributed by atoms with E-state index in [0.29, 0.717) is 49.8 Å². The van der Waals surface area contributed by atoms with Crippen LogP contribution in [-0.2, 0) is 22.4 Å². The van der Waals surface area contributed by atoms with E-state index in [-0.39, 0.29) is 29.8 Å². The molecule has 0 saturated carbocycles. The third-order valence-corrected chi connectivity index (χ3v) is 5.47. The Morgan fingerprint density at radius 3 is 2.62 bits per heavy atom. The number of alkyl halides is 3. The Hall–Kier alpha value is -2.72. The van der Waals surface area contributed by atoms with Crippen molar-refractivity contribution in [3.05, 3.63) is 39.7 Å². The largest absolute Gasteiger partial charge is 0.493 e. The Morgan fingerprint density at radius 2 is 1.94 bits per heavy atom. The normalized spacial score (nSPS) is 18.0. The van der Waals surface area contributed by atoms with Crippen molar-refractivity contribution in [3.8, 4) is 28.5 Å². The predicted molar refractivity (Wildman–Crippen MR) is 109 cm³/mol. The number of pyridine rings is 1. The smallest absolute Gasteiger partial charge is 0.422 e. The molecule has 0 aliphatic carbocycles. The van der Waals surface area contributed by atoms with Crippen molar-refractivity contribution in [2.75, 3.05) is 40.1 Å². The first kappa shape index (κ1) is 22.5. The highest BCUT2D eigenvalue weighted by Crippen LogP contribution is 2.41. The zero-order valence-electron chi connectivity index (χ0n) is 17.8. The van der Waals surface area contributed by atoms with Crippen LogP contribution in [-0.4, -0.2) is 57.0 Å². The first-order valence-electron chi connectivity index (χ1n) is 10.2. The number of rotatable bonds is 6. The zero-order valence-corrected chi connectivity index (χ0v) is 17.8. The number of halogens is 3. The van der Waals surface area contributed by atoms with Gasteiger partial charge >= 0.3 is 6.18 Å². The molecule has 2 aromatic rings. The second kappa shape index (κ2) is 9.03. The number of benzene rings is 1. The van der Waals surface area contributed by atoms with Gasteiger partial charge in [-0.25, -0.2) is 0 Å².